The number of nitrogens with one attached hydrogen (secondary N) is 1. The minimum Gasteiger partial charge on any atom is -0.337 e. The molecule has 0 bridgehead atoms. The van der Waals surface area contributed by atoms with Gasteiger partial charge in [0.2, 0.25) is 5.91 Å². The molecular formula is C25H28N4O2S2. The molecule has 8 heteroatoms. The van der Waals surface area contributed by atoms with Gasteiger partial charge in [-0.05, 0) is 63.1 Å². The van der Waals surface area contributed by atoms with E-state index in [0.717, 1.165) is 52.7 Å². The summed E-state index contributed by atoms with van der Waals surface area (Å²) in [6, 6.07) is 9.97. The first kappa shape index (κ1) is 23.5. The van der Waals surface area contributed by atoms with Crippen LogP contribution in [-0.2, 0) is 17.6 Å². The first-order valence-corrected chi connectivity index (χ1v) is 13.0. The Labute approximate surface area is 202 Å². The summed E-state index contributed by atoms with van der Waals surface area (Å²) in [6.45, 7) is 7.53. The predicted molar refractivity (Wildman–Crippen MR) is 134 cm³/mol. The Morgan fingerprint density at radius 3 is 2.67 bits per heavy atom. The fraction of sp³-hybridized carbons (Fsp3) is 0.440. The summed E-state index contributed by atoms with van der Waals surface area (Å²) in [5.74, 6) is -0.221. The number of amides is 1. The van der Waals surface area contributed by atoms with Crippen molar-refractivity contribution in [2.45, 2.75) is 64.1 Å². The molecule has 3 aromatic rings. The molecule has 1 atom stereocenters. The number of carbonyl (C=O) groups is 1. The van der Waals surface area contributed by atoms with Gasteiger partial charge in [-0.15, -0.1) is 11.3 Å². The highest BCUT2D eigenvalue weighted by Crippen LogP contribution is 2.35. The Bertz CT molecular complexity index is 1300. The second-order valence-electron chi connectivity index (χ2n) is 9.07. The van der Waals surface area contributed by atoms with Crippen LogP contribution in [0.1, 0.15) is 49.6 Å². The number of nitriles is 1. The molecule has 1 aliphatic rings. The lowest BCUT2D eigenvalue weighted by Crippen LogP contribution is -2.49. The second-order valence-corrected chi connectivity index (χ2v) is 11.1. The maximum atomic E-state index is 13.7. The van der Waals surface area contributed by atoms with Crippen LogP contribution in [0.5, 0.6) is 0 Å². The molecule has 0 saturated carbocycles. The number of fused-ring (bicyclic) bond motifs is 3. The lowest BCUT2D eigenvalue weighted by Gasteiger charge is -2.27. The van der Waals surface area contributed by atoms with Crippen molar-refractivity contribution in [3.8, 4) is 11.8 Å². The molecule has 1 unspecified atom stereocenters. The van der Waals surface area contributed by atoms with Crippen molar-refractivity contribution in [1.29, 1.82) is 5.26 Å². The molecule has 1 aromatic carbocycles. The average Bonchev–Trinajstić information content (AvgIpc) is 3.17. The first-order valence-electron chi connectivity index (χ1n) is 11.2. The third-order valence-corrected chi connectivity index (χ3v) is 8.49. The molecule has 0 radical (unpaired) electrons. The van der Waals surface area contributed by atoms with E-state index in [-0.39, 0.29) is 23.1 Å². The number of aryl methyl sites for hydroxylation is 3. The Morgan fingerprint density at radius 2 is 2.00 bits per heavy atom. The van der Waals surface area contributed by atoms with Gasteiger partial charge in [0, 0.05) is 4.88 Å². The van der Waals surface area contributed by atoms with Crippen LogP contribution in [-0.4, -0.2) is 26.8 Å². The number of nitrogens with zero attached hydrogens (tertiary/aromatic N) is 3. The number of benzene rings is 1. The fourth-order valence-corrected chi connectivity index (χ4v) is 6.08. The summed E-state index contributed by atoms with van der Waals surface area (Å²) in [6.07, 6.45) is 4.14. The number of hydrogen-bond donors (Lipinski definition) is 1. The monoisotopic (exact) mass is 480 g/mol. The molecule has 0 fully saturated rings. The molecule has 1 amide bonds. The zero-order valence-electron chi connectivity index (χ0n) is 19.4. The highest BCUT2D eigenvalue weighted by Gasteiger charge is 2.30. The summed E-state index contributed by atoms with van der Waals surface area (Å²) in [5.41, 5.74) is 1.97. The van der Waals surface area contributed by atoms with E-state index in [0.29, 0.717) is 5.16 Å². The topological polar surface area (TPSA) is 87.8 Å². The van der Waals surface area contributed by atoms with Crippen molar-refractivity contribution >= 4 is 39.2 Å². The van der Waals surface area contributed by atoms with E-state index in [1.165, 1.54) is 16.6 Å². The van der Waals surface area contributed by atoms with Crippen molar-refractivity contribution in [3.63, 3.8) is 0 Å². The largest absolute Gasteiger partial charge is 0.337 e. The smallest absolute Gasteiger partial charge is 0.267 e. The SMILES string of the molecule is Cc1ccc(-n2c(SCC(=O)NC(C)(C#N)C(C)C)nc3sc4c(c3c2=O)CCCC4)cc1. The number of carbonyl (C=O) groups excluding carboxylic acids is 1. The average molecular weight is 481 g/mol. The van der Waals surface area contributed by atoms with Crippen LogP contribution in [0.25, 0.3) is 15.9 Å². The molecule has 0 spiro atoms. The standard InChI is InChI=1S/C25H28N4O2S2/c1-15(2)25(4,14-26)28-20(30)13-32-24-27-22-21(18-7-5-6-8-19(18)33-22)23(31)29(24)17-11-9-16(3)10-12-17/h9-12,15H,5-8,13H2,1-4H3,(H,28,30). The van der Waals surface area contributed by atoms with Crippen molar-refractivity contribution in [1.82, 2.24) is 14.9 Å². The highest BCUT2D eigenvalue weighted by molar-refractivity contribution is 7.99. The quantitative estimate of drug-likeness (QED) is 0.405. The minimum atomic E-state index is -0.946. The van der Waals surface area contributed by atoms with Crippen LogP contribution in [0.4, 0.5) is 0 Å². The Kier molecular flexibility index (Phi) is 6.64. The third kappa shape index (κ3) is 4.57. The van der Waals surface area contributed by atoms with E-state index in [9.17, 15) is 14.9 Å². The van der Waals surface area contributed by atoms with Gasteiger partial charge >= 0.3 is 0 Å². The van der Waals surface area contributed by atoms with Crippen molar-refractivity contribution in [2.24, 2.45) is 5.92 Å². The normalized spacial score (nSPS) is 15.2. The molecule has 2 aromatic heterocycles. The van der Waals surface area contributed by atoms with Crippen LogP contribution in [0.2, 0.25) is 0 Å². The van der Waals surface area contributed by atoms with Crippen LogP contribution < -0.4 is 10.9 Å². The summed E-state index contributed by atoms with van der Waals surface area (Å²) >= 11 is 2.83. The molecule has 4 rings (SSSR count). The maximum absolute atomic E-state index is 13.7. The van der Waals surface area contributed by atoms with Crippen molar-refractivity contribution < 1.29 is 4.79 Å². The van der Waals surface area contributed by atoms with E-state index in [1.807, 2.05) is 45.0 Å². The molecule has 33 heavy (non-hydrogen) atoms. The Balaban J connectivity index is 1.74. The van der Waals surface area contributed by atoms with Gasteiger partial charge in [0.1, 0.15) is 10.4 Å². The van der Waals surface area contributed by atoms with Gasteiger partial charge in [-0.1, -0.05) is 43.3 Å². The van der Waals surface area contributed by atoms with E-state index in [2.05, 4.69) is 11.4 Å². The number of rotatable bonds is 6. The summed E-state index contributed by atoms with van der Waals surface area (Å²) < 4.78 is 1.63. The van der Waals surface area contributed by atoms with E-state index >= 15 is 0 Å². The maximum Gasteiger partial charge on any atom is 0.267 e. The number of thioether (sulfide) groups is 1. The van der Waals surface area contributed by atoms with Gasteiger partial charge in [0.05, 0.1) is 22.9 Å². The Hall–Kier alpha value is -2.63. The lowest BCUT2D eigenvalue weighted by atomic mass is 9.90. The Morgan fingerprint density at radius 1 is 1.30 bits per heavy atom. The van der Waals surface area contributed by atoms with Gasteiger partial charge in [-0.3, -0.25) is 14.2 Å². The minimum absolute atomic E-state index is 0.0332. The zero-order chi connectivity index (χ0) is 23.8. The van der Waals surface area contributed by atoms with Crippen molar-refractivity contribution in [2.75, 3.05) is 5.75 Å². The molecular weight excluding hydrogens is 452 g/mol. The predicted octanol–water partition coefficient (Wildman–Crippen LogP) is 4.78. The molecule has 0 saturated heterocycles. The van der Waals surface area contributed by atoms with Crippen LogP contribution in [0, 0.1) is 24.2 Å². The summed E-state index contributed by atoms with van der Waals surface area (Å²) in [4.78, 5) is 33.3. The second kappa shape index (κ2) is 9.32. The summed E-state index contributed by atoms with van der Waals surface area (Å²) in [5, 5.41) is 13.6. The van der Waals surface area contributed by atoms with Gasteiger partial charge < -0.3 is 5.32 Å². The zero-order valence-corrected chi connectivity index (χ0v) is 21.0. The molecule has 172 valence electrons. The van der Waals surface area contributed by atoms with Gasteiger partial charge in [0.15, 0.2) is 5.16 Å². The first-order chi connectivity index (χ1) is 15.7. The van der Waals surface area contributed by atoms with Gasteiger partial charge in [-0.25, -0.2) is 4.98 Å². The van der Waals surface area contributed by atoms with Crippen molar-refractivity contribution in [3.05, 3.63) is 50.6 Å². The molecule has 1 N–H and O–H groups in total. The van der Waals surface area contributed by atoms with E-state index in [4.69, 9.17) is 4.98 Å². The molecule has 2 heterocycles. The summed E-state index contributed by atoms with van der Waals surface area (Å²) in [7, 11) is 0. The molecule has 0 aliphatic heterocycles. The fourth-order valence-electron chi connectivity index (χ4n) is 3.96. The van der Waals surface area contributed by atoms with E-state index < -0.39 is 5.54 Å². The van der Waals surface area contributed by atoms with Crippen LogP contribution in [0.3, 0.4) is 0 Å². The number of aromatic nitrogens is 2. The van der Waals surface area contributed by atoms with Crippen LogP contribution >= 0.6 is 23.1 Å². The van der Waals surface area contributed by atoms with Crippen LogP contribution in [0.15, 0.2) is 34.2 Å². The van der Waals surface area contributed by atoms with E-state index in [1.54, 1.807) is 22.8 Å². The third-order valence-electron chi connectivity index (χ3n) is 6.37. The lowest BCUT2D eigenvalue weighted by molar-refractivity contribution is -0.120. The van der Waals surface area contributed by atoms with Gasteiger partial charge in [-0.2, -0.15) is 5.26 Å². The molecule has 6 nitrogen and oxygen atoms in total. The number of hydrogen-bond acceptors (Lipinski definition) is 6. The molecule has 1 aliphatic carbocycles. The highest BCUT2D eigenvalue weighted by atomic mass is 32.2. The van der Waals surface area contributed by atoms with Gasteiger partial charge in [0.25, 0.3) is 5.56 Å². The number of thiophene rings is 1.